The summed E-state index contributed by atoms with van der Waals surface area (Å²) in [6, 6.07) is 15.4. The number of nitrogens with zero attached hydrogens (tertiary/aromatic N) is 1. The largest absolute Gasteiger partial charge is 0.332 e. The van der Waals surface area contributed by atoms with Crippen LogP contribution in [-0.2, 0) is 6.54 Å². The lowest BCUT2D eigenvalue weighted by Crippen LogP contribution is -2.28. The molecule has 1 heterocycles. The van der Waals surface area contributed by atoms with Crippen molar-refractivity contribution in [2.24, 2.45) is 0 Å². The first-order valence-corrected chi connectivity index (χ1v) is 7.89. The van der Waals surface area contributed by atoms with E-state index in [0.29, 0.717) is 0 Å². The molecular formula is C17H14FN3OS. The first-order chi connectivity index (χ1) is 11.2. The number of carbonyl (C=O) groups excluding carboxylic acids is 1. The fraction of sp³-hybridized carbons (Fsp3) is 0.0588. The van der Waals surface area contributed by atoms with Gasteiger partial charge in [-0.25, -0.2) is 14.2 Å². The van der Waals surface area contributed by atoms with Gasteiger partial charge in [-0.1, -0.05) is 42.5 Å². The van der Waals surface area contributed by atoms with Crippen molar-refractivity contribution in [1.82, 2.24) is 10.3 Å². The second-order valence-electron chi connectivity index (χ2n) is 4.80. The molecule has 0 fully saturated rings. The number of rotatable bonds is 4. The molecule has 0 unspecified atom stereocenters. The lowest BCUT2D eigenvalue weighted by molar-refractivity contribution is 0.251. The van der Waals surface area contributed by atoms with Crippen molar-refractivity contribution in [3.05, 3.63) is 71.5 Å². The number of halogens is 1. The zero-order chi connectivity index (χ0) is 16.1. The van der Waals surface area contributed by atoms with Crippen LogP contribution in [0.1, 0.15) is 5.69 Å². The molecule has 6 heteroatoms. The number of anilines is 1. The molecule has 1 aromatic heterocycles. The van der Waals surface area contributed by atoms with Gasteiger partial charge in [0.2, 0.25) is 0 Å². The van der Waals surface area contributed by atoms with Gasteiger partial charge in [-0.2, -0.15) is 0 Å². The van der Waals surface area contributed by atoms with Crippen LogP contribution in [0.3, 0.4) is 0 Å². The minimum absolute atomic E-state index is 0.147. The summed E-state index contributed by atoms with van der Waals surface area (Å²) < 4.78 is 13.5. The molecule has 0 aliphatic rings. The highest BCUT2D eigenvalue weighted by molar-refractivity contribution is 7.13. The summed E-state index contributed by atoms with van der Waals surface area (Å²) in [7, 11) is 0. The maximum absolute atomic E-state index is 13.5. The van der Waals surface area contributed by atoms with Gasteiger partial charge in [-0.05, 0) is 12.1 Å². The minimum Gasteiger partial charge on any atom is -0.332 e. The third kappa shape index (κ3) is 3.92. The van der Waals surface area contributed by atoms with Crippen LogP contribution in [0.5, 0.6) is 0 Å². The lowest BCUT2D eigenvalue weighted by Gasteiger charge is -2.07. The van der Waals surface area contributed by atoms with Crippen LogP contribution in [0.2, 0.25) is 0 Å². The topological polar surface area (TPSA) is 54.0 Å². The van der Waals surface area contributed by atoms with E-state index >= 15 is 0 Å². The van der Waals surface area contributed by atoms with Crippen LogP contribution in [0.15, 0.2) is 60.0 Å². The zero-order valence-electron chi connectivity index (χ0n) is 12.1. The Morgan fingerprint density at radius 2 is 1.83 bits per heavy atom. The Labute approximate surface area is 137 Å². The third-order valence-corrected chi connectivity index (χ3v) is 4.06. The fourth-order valence-corrected chi connectivity index (χ4v) is 2.83. The minimum atomic E-state index is -0.470. The SMILES string of the molecule is O=C(NCc1csc(-c2ccccc2)n1)Nc1ccccc1F. The van der Waals surface area contributed by atoms with E-state index in [1.807, 2.05) is 35.7 Å². The molecule has 0 radical (unpaired) electrons. The van der Waals surface area contributed by atoms with Gasteiger partial charge in [-0.15, -0.1) is 11.3 Å². The Hall–Kier alpha value is -2.73. The summed E-state index contributed by atoms with van der Waals surface area (Å²) in [6.45, 7) is 0.281. The Bertz CT molecular complexity index is 804. The first kappa shape index (κ1) is 15.2. The summed E-state index contributed by atoms with van der Waals surface area (Å²) in [5, 5.41) is 7.93. The Kier molecular flexibility index (Phi) is 4.63. The molecule has 23 heavy (non-hydrogen) atoms. The summed E-state index contributed by atoms with van der Waals surface area (Å²) in [5.41, 5.74) is 1.95. The summed E-state index contributed by atoms with van der Waals surface area (Å²) in [5.74, 6) is -0.470. The predicted octanol–water partition coefficient (Wildman–Crippen LogP) is 4.27. The smallest absolute Gasteiger partial charge is 0.319 e. The van der Waals surface area contributed by atoms with Crippen LogP contribution >= 0.6 is 11.3 Å². The maximum Gasteiger partial charge on any atom is 0.319 e. The number of carbonyl (C=O) groups is 1. The van der Waals surface area contributed by atoms with Crippen molar-refractivity contribution in [2.75, 3.05) is 5.32 Å². The van der Waals surface area contributed by atoms with Crippen LogP contribution in [0.4, 0.5) is 14.9 Å². The van der Waals surface area contributed by atoms with Crippen LogP contribution in [0, 0.1) is 5.82 Å². The normalized spacial score (nSPS) is 10.3. The predicted molar refractivity (Wildman–Crippen MR) is 89.8 cm³/mol. The highest BCUT2D eigenvalue weighted by atomic mass is 32.1. The molecule has 4 nitrogen and oxygen atoms in total. The number of hydrogen-bond donors (Lipinski definition) is 2. The molecule has 3 rings (SSSR count). The van der Waals surface area contributed by atoms with Gasteiger partial charge in [0, 0.05) is 10.9 Å². The molecule has 0 spiro atoms. The lowest BCUT2D eigenvalue weighted by atomic mass is 10.2. The molecular weight excluding hydrogens is 313 g/mol. The summed E-state index contributed by atoms with van der Waals surface area (Å²) >= 11 is 1.52. The van der Waals surface area contributed by atoms with Crippen molar-refractivity contribution in [2.45, 2.75) is 6.54 Å². The van der Waals surface area contributed by atoms with Crippen molar-refractivity contribution in [3.63, 3.8) is 0 Å². The van der Waals surface area contributed by atoms with Crippen molar-refractivity contribution < 1.29 is 9.18 Å². The molecule has 3 aromatic rings. The number of para-hydroxylation sites is 1. The first-order valence-electron chi connectivity index (χ1n) is 7.01. The van der Waals surface area contributed by atoms with Gasteiger partial charge < -0.3 is 10.6 Å². The van der Waals surface area contributed by atoms with E-state index in [1.165, 1.54) is 23.5 Å². The van der Waals surface area contributed by atoms with Gasteiger partial charge in [-0.3, -0.25) is 0 Å². The van der Waals surface area contributed by atoms with Crippen LogP contribution < -0.4 is 10.6 Å². The number of thiazole rings is 1. The van der Waals surface area contributed by atoms with E-state index < -0.39 is 11.8 Å². The van der Waals surface area contributed by atoms with Gasteiger partial charge in [0.1, 0.15) is 10.8 Å². The van der Waals surface area contributed by atoms with Gasteiger partial charge in [0.05, 0.1) is 17.9 Å². The van der Waals surface area contributed by atoms with Gasteiger partial charge >= 0.3 is 6.03 Å². The van der Waals surface area contributed by atoms with Crippen molar-refractivity contribution >= 4 is 23.1 Å². The molecule has 0 saturated carbocycles. The molecule has 0 aliphatic heterocycles. The number of hydrogen-bond acceptors (Lipinski definition) is 3. The number of benzene rings is 2. The third-order valence-electron chi connectivity index (χ3n) is 3.12. The molecule has 0 saturated heterocycles. The molecule has 2 aromatic carbocycles. The van der Waals surface area contributed by atoms with Crippen molar-refractivity contribution in [3.8, 4) is 10.6 Å². The van der Waals surface area contributed by atoms with Gasteiger partial charge in [0.25, 0.3) is 0 Å². The maximum atomic E-state index is 13.5. The molecule has 0 atom stereocenters. The molecule has 2 N–H and O–H groups in total. The van der Waals surface area contributed by atoms with Crippen molar-refractivity contribution in [1.29, 1.82) is 0 Å². The Morgan fingerprint density at radius 1 is 1.09 bits per heavy atom. The number of nitrogens with one attached hydrogen (secondary N) is 2. The second kappa shape index (κ2) is 7.02. The van der Waals surface area contributed by atoms with E-state index in [0.717, 1.165) is 16.3 Å². The van der Waals surface area contributed by atoms with E-state index in [4.69, 9.17) is 0 Å². The van der Waals surface area contributed by atoms with Gasteiger partial charge in [0.15, 0.2) is 0 Å². The number of aromatic nitrogens is 1. The highest BCUT2D eigenvalue weighted by Gasteiger charge is 2.08. The summed E-state index contributed by atoms with van der Waals surface area (Å²) in [6.07, 6.45) is 0. The molecule has 0 bridgehead atoms. The summed E-state index contributed by atoms with van der Waals surface area (Å²) in [4.78, 5) is 16.3. The number of urea groups is 1. The Morgan fingerprint density at radius 3 is 2.61 bits per heavy atom. The van der Waals surface area contributed by atoms with E-state index in [-0.39, 0.29) is 12.2 Å². The molecule has 0 aliphatic carbocycles. The van der Waals surface area contributed by atoms with Crippen LogP contribution in [0.25, 0.3) is 10.6 Å². The monoisotopic (exact) mass is 327 g/mol. The average molecular weight is 327 g/mol. The van der Waals surface area contributed by atoms with E-state index in [9.17, 15) is 9.18 Å². The average Bonchev–Trinajstić information content (AvgIpc) is 3.05. The fourth-order valence-electron chi connectivity index (χ4n) is 2.00. The Balaban J connectivity index is 1.58. The highest BCUT2D eigenvalue weighted by Crippen LogP contribution is 2.23. The van der Waals surface area contributed by atoms with Crippen LogP contribution in [-0.4, -0.2) is 11.0 Å². The van der Waals surface area contributed by atoms with E-state index in [2.05, 4.69) is 15.6 Å². The number of amides is 2. The second-order valence-corrected chi connectivity index (χ2v) is 5.66. The zero-order valence-corrected chi connectivity index (χ0v) is 12.9. The molecule has 2 amide bonds. The quantitative estimate of drug-likeness (QED) is 0.752. The van der Waals surface area contributed by atoms with E-state index in [1.54, 1.807) is 12.1 Å². The molecule has 116 valence electrons. The standard InChI is InChI=1S/C17H14FN3OS/c18-14-8-4-5-9-15(14)21-17(22)19-10-13-11-23-16(20-13)12-6-2-1-3-7-12/h1-9,11H,10H2,(H2,19,21,22).